The Labute approximate surface area is 169 Å². The molecule has 27 heavy (non-hydrogen) atoms. The predicted molar refractivity (Wildman–Crippen MR) is 111 cm³/mol. The van der Waals surface area contributed by atoms with Gasteiger partial charge in [-0.15, -0.1) is 23.7 Å². The lowest BCUT2D eigenvalue weighted by molar-refractivity contribution is -0.122. The minimum absolute atomic E-state index is 0. The maximum Gasteiger partial charge on any atom is 0.262 e. The lowest BCUT2D eigenvalue weighted by Crippen LogP contribution is -2.50. The van der Waals surface area contributed by atoms with Gasteiger partial charge in [-0.2, -0.15) is 0 Å². The average Bonchev–Trinajstić information content (AvgIpc) is 3.02. The fraction of sp³-hybridized carbons (Fsp3) is 0.632. The summed E-state index contributed by atoms with van der Waals surface area (Å²) in [4.78, 5) is 31.9. The summed E-state index contributed by atoms with van der Waals surface area (Å²) < 4.78 is 1.60. The number of thiophene rings is 1. The Bertz CT molecular complexity index is 878. The Morgan fingerprint density at radius 3 is 3.04 bits per heavy atom. The summed E-state index contributed by atoms with van der Waals surface area (Å²) in [5.41, 5.74) is 1.21. The van der Waals surface area contributed by atoms with Gasteiger partial charge in [-0.25, -0.2) is 4.98 Å². The third-order valence-corrected chi connectivity index (χ3v) is 6.90. The first kappa shape index (κ1) is 20.3. The summed E-state index contributed by atoms with van der Waals surface area (Å²) >= 11 is 1.66. The van der Waals surface area contributed by atoms with Crippen molar-refractivity contribution in [1.29, 1.82) is 0 Å². The summed E-state index contributed by atoms with van der Waals surface area (Å²) in [7, 11) is 0. The van der Waals surface area contributed by atoms with Gasteiger partial charge in [0.05, 0.1) is 11.7 Å². The van der Waals surface area contributed by atoms with Crippen molar-refractivity contribution in [2.24, 2.45) is 5.92 Å². The number of nitrogens with one attached hydrogen (secondary N) is 2. The summed E-state index contributed by atoms with van der Waals surface area (Å²) in [6.45, 7) is 4.39. The van der Waals surface area contributed by atoms with Gasteiger partial charge in [-0.1, -0.05) is 6.92 Å². The van der Waals surface area contributed by atoms with E-state index in [9.17, 15) is 9.59 Å². The number of aryl methyl sites for hydroxylation is 3. The van der Waals surface area contributed by atoms with Gasteiger partial charge in [0.25, 0.3) is 5.56 Å². The van der Waals surface area contributed by atoms with Gasteiger partial charge in [-0.3, -0.25) is 14.2 Å². The maximum atomic E-state index is 12.9. The van der Waals surface area contributed by atoms with E-state index < -0.39 is 0 Å². The number of carbonyl (C=O) groups excluding carboxylic acids is 1. The van der Waals surface area contributed by atoms with Crippen LogP contribution in [0.5, 0.6) is 0 Å². The summed E-state index contributed by atoms with van der Waals surface area (Å²) in [6, 6.07) is 0.178. The highest BCUT2D eigenvalue weighted by Gasteiger charge is 2.23. The second-order valence-electron chi connectivity index (χ2n) is 7.53. The second-order valence-corrected chi connectivity index (χ2v) is 8.61. The molecule has 1 saturated heterocycles. The number of halogens is 1. The number of aromatic nitrogens is 2. The van der Waals surface area contributed by atoms with Gasteiger partial charge in [0, 0.05) is 30.4 Å². The van der Waals surface area contributed by atoms with E-state index in [1.807, 2.05) is 0 Å². The van der Waals surface area contributed by atoms with Crippen LogP contribution in [-0.2, 0) is 24.2 Å². The SMILES string of the molecule is CC1CCNCC1NC(=O)CCn1cnc2sc3c(c2c1=O)CCCC3.Cl. The van der Waals surface area contributed by atoms with Gasteiger partial charge >= 0.3 is 0 Å². The van der Waals surface area contributed by atoms with Crippen molar-refractivity contribution >= 4 is 39.9 Å². The van der Waals surface area contributed by atoms with Crippen molar-refractivity contribution in [1.82, 2.24) is 20.2 Å². The van der Waals surface area contributed by atoms with Crippen molar-refractivity contribution in [2.45, 2.75) is 58.0 Å². The lowest BCUT2D eigenvalue weighted by atomic mass is 9.95. The molecule has 1 amide bonds. The largest absolute Gasteiger partial charge is 0.352 e. The Morgan fingerprint density at radius 2 is 2.22 bits per heavy atom. The van der Waals surface area contributed by atoms with Crippen LogP contribution < -0.4 is 16.2 Å². The molecular formula is C19H27ClN4O2S. The van der Waals surface area contributed by atoms with Crippen LogP contribution in [0.4, 0.5) is 0 Å². The normalized spacial score (nSPS) is 22.1. The molecule has 0 spiro atoms. The third kappa shape index (κ3) is 4.20. The quantitative estimate of drug-likeness (QED) is 0.810. The highest BCUT2D eigenvalue weighted by Crippen LogP contribution is 2.33. The average molecular weight is 411 g/mol. The fourth-order valence-electron chi connectivity index (χ4n) is 4.02. The molecule has 0 radical (unpaired) electrons. The Morgan fingerprint density at radius 1 is 1.41 bits per heavy atom. The van der Waals surface area contributed by atoms with Crippen molar-refractivity contribution in [2.75, 3.05) is 13.1 Å². The van der Waals surface area contributed by atoms with E-state index in [1.165, 1.54) is 16.9 Å². The van der Waals surface area contributed by atoms with Gasteiger partial charge in [-0.05, 0) is 50.1 Å². The molecule has 2 atom stereocenters. The number of nitrogens with zero attached hydrogens (tertiary/aromatic N) is 2. The van der Waals surface area contributed by atoms with E-state index in [4.69, 9.17) is 0 Å². The predicted octanol–water partition coefficient (Wildman–Crippen LogP) is 2.26. The highest BCUT2D eigenvalue weighted by molar-refractivity contribution is 7.18. The standard InChI is InChI=1S/C19H26N4O2S.ClH/c1-12-6-8-20-10-14(12)22-16(24)7-9-23-11-21-18-17(19(23)25)13-4-2-3-5-15(13)26-18;/h11-12,14,20H,2-10H2,1H3,(H,22,24);1H. The molecule has 1 aliphatic heterocycles. The topological polar surface area (TPSA) is 76.0 Å². The Kier molecular flexibility index (Phi) is 6.55. The van der Waals surface area contributed by atoms with Crippen LogP contribution in [0.2, 0.25) is 0 Å². The molecule has 2 unspecified atom stereocenters. The number of carbonyl (C=O) groups is 1. The maximum absolute atomic E-state index is 12.9. The summed E-state index contributed by atoms with van der Waals surface area (Å²) in [5, 5.41) is 7.22. The summed E-state index contributed by atoms with van der Waals surface area (Å²) in [6.07, 6.45) is 7.36. The first-order valence-electron chi connectivity index (χ1n) is 9.63. The first-order chi connectivity index (χ1) is 12.6. The molecule has 3 heterocycles. The van der Waals surface area contributed by atoms with E-state index in [-0.39, 0.29) is 29.9 Å². The minimum atomic E-state index is 0. The van der Waals surface area contributed by atoms with Gasteiger partial charge in [0.15, 0.2) is 0 Å². The number of piperidine rings is 1. The van der Waals surface area contributed by atoms with Crippen molar-refractivity contribution in [3.8, 4) is 0 Å². The molecule has 2 aliphatic rings. The molecule has 2 aromatic rings. The number of rotatable bonds is 4. The van der Waals surface area contributed by atoms with Crippen LogP contribution in [0.3, 0.4) is 0 Å². The molecule has 6 nitrogen and oxygen atoms in total. The highest BCUT2D eigenvalue weighted by atomic mass is 35.5. The first-order valence-corrected chi connectivity index (χ1v) is 10.4. The second kappa shape index (κ2) is 8.71. The molecule has 0 saturated carbocycles. The van der Waals surface area contributed by atoms with Crippen LogP contribution in [-0.4, -0.2) is 34.6 Å². The van der Waals surface area contributed by atoms with E-state index in [1.54, 1.807) is 22.2 Å². The molecule has 1 aliphatic carbocycles. The summed E-state index contributed by atoms with van der Waals surface area (Å²) in [5.74, 6) is 0.489. The lowest BCUT2D eigenvalue weighted by Gasteiger charge is -2.30. The van der Waals surface area contributed by atoms with Crippen molar-refractivity contribution in [3.63, 3.8) is 0 Å². The molecule has 1 fully saturated rings. The van der Waals surface area contributed by atoms with Gasteiger partial charge < -0.3 is 10.6 Å². The molecule has 2 N–H and O–H groups in total. The molecule has 8 heteroatoms. The zero-order valence-electron chi connectivity index (χ0n) is 15.6. The van der Waals surface area contributed by atoms with E-state index in [0.29, 0.717) is 18.9 Å². The zero-order valence-corrected chi connectivity index (χ0v) is 17.3. The van der Waals surface area contributed by atoms with Crippen molar-refractivity contribution in [3.05, 3.63) is 27.1 Å². The van der Waals surface area contributed by atoms with Gasteiger partial charge in [0.2, 0.25) is 5.91 Å². The third-order valence-electron chi connectivity index (χ3n) is 5.70. The van der Waals surface area contributed by atoms with Crippen molar-refractivity contribution < 1.29 is 4.79 Å². The van der Waals surface area contributed by atoms with Gasteiger partial charge in [0.1, 0.15) is 4.83 Å². The molecule has 148 valence electrons. The Hall–Kier alpha value is -1.44. The molecule has 0 bridgehead atoms. The fourth-order valence-corrected chi connectivity index (χ4v) is 5.24. The van der Waals surface area contributed by atoms with E-state index in [2.05, 4.69) is 22.5 Å². The van der Waals surface area contributed by atoms with E-state index >= 15 is 0 Å². The van der Waals surface area contributed by atoms with Crippen LogP contribution in [0.25, 0.3) is 10.2 Å². The molecule has 0 aromatic carbocycles. The monoisotopic (exact) mass is 410 g/mol. The van der Waals surface area contributed by atoms with E-state index in [0.717, 1.165) is 49.0 Å². The number of fused-ring (bicyclic) bond motifs is 3. The molecule has 2 aromatic heterocycles. The molecule has 4 rings (SSSR count). The van der Waals surface area contributed by atoms with Crippen LogP contribution in [0, 0.1) is 5.92 Å². The number of hydrogen-bond donors (Lipinski definition) is 2. The number of amides is 1. The smallest absolute Gasteiger partial charge is 0.262 e. The van der Waals surface area contributed by atoms with Crippen LogP contribution in [0.15, 0.2) is 11.1 Å². The zero-order chi connectivity index (χ0) is 18.1. The number of hydrogen-bond acceptors (Lipinski definition) is 5. The Balaban J connectivity index is 0.00000210. The molecular weight excluding hydrogens is 384 g/mol. The minimum Gasteiger partial charge on any atom is -0.352 e. The van der Waals surface area contributed by atoms with Crippen LogP contribution >= 0.6 is 23.7 Å². The van der Waals surface area contributed by atoms with Crippen LogP contribution in [0.1, 0.15) is 43.0 Å².